The Morgan fingerprint density at radius 2 is 1.65 bits per heavy atom. The highest BCUT2D eigenvalue weighted by atomic mass is 16.2. The highest BCUT2D eigenvalue weighted by Crippen LogP contribution is 2.37. The van der Waals surface area contributed by atoms with E-state index in [-0.39, 0.29) is 29.0 Å². The first-order chi connectivity index (χ1) is 15.1. The number of carbonyl (C=O) groups is 1. The van der Waals surface area contributed by atoms with Crippen molar-refractivity contribution >= 4 is 17.2 Å². The summed E-state index contributed by atoms with van der Waals surface area (Å²) in [4.78, 5) is 16.7. The smallest absolute Gasteiger partial charge is 0.260 e. The lowest BCUT2D eigenvalue weighted by Crippen LogP contribution is -2.26. The number of anilines is 1. The summed E-state index contributed by atoms with van der Waals surface area (Å²) < 4.78 is 0. The minimum Gasteiger partial charge on any atom is -0.372 e. The number of nitrogens with zero attached hydrogens (tertiary/aromatic N) is 5. The molecule has 1 aliphatic heterocycles. The van der Waals surface area contributed by atoms with Crippen LogP contribution in [-0.4, -0.2) is 30.4 Å². The Hall–Kier alpha value is -3.82. The summed E-state index contributed by atoms with van der Waals surface area (Å²) in [6, 6.07) is 13.2. The molecule has 158 valence electrons. The zero-order chi connectivity index (χ0) is 22.8. The standard InChI is InChI=1S/C25H27N5O/c1-4-7-14-29(15-8-5-2)21-11-9-19(10-12-21)23-22(18-28)24(20(16-26)17-27)30(13-6-3)25(23)31/h6,9-12H,3-5,7-8,13-15H2,1-2H3. The zero-order valence-corrected chi connectivity index (χ0v) is 18.2. The van der Waals surface area contributed by atoms with Crippen LogP contribution in [0.1, 0.15) is 45.1 Å². The van der Waals surface area contributed by atoms with Crippen molar-refractivity contribution in [2.45, 2.75) is 39.5 Å². The van der Waals surface area contributed by atoms with Gasteiger partial charge in [-0.25, -0.2) is 0 Å². The van der Waals surface area contributed by atoms with E-state index in [0.717, 1.165) is 44.5 Å². The molecule has 1 aromatic rings. The van der Waals surface area contributed by atoms with E-state index < -0.39 is 5.91 Å². The molecule has 0 N–H and O–H groups in total. The van der Waals surface area contributed by atoms with Gasteiger partial charge in [-0.2, -0.15) is 15.8 Å². The van der Waals surface area contributed by atoms with Crippen molar-refractivity contribution in [3.63, 3.8) is 0 Å². The van der Waals surface area contributed by atoms with Gasteiger partial charge in [0.25, 0.3) is 5.91 Å². The molecule has 0 unspecified atom stereocenters. The highest BCUT2D eigenvalue weighted by Gasteiger charge is 2.37. The minimum atomic E-state index is -0.406. The second-order valence-corrected chi connectivity index (χ2v) is 7.25. The molecule has 0 radical (unpaired) electrons. The van der Waals surface area contributed by atoms with Crippen LogP contribution in [0.25, 0.3) is 5.57 Å². The Morgan fingerprint density at radius 3 is 2.10 bits per heavy atom. The largest absolute Gasteiger partial charge is 0.372 e. The van der Waals surface area contributed by atoms with Gasteiger partial charge in [-0.3, -0.25) is 4.79 Å². The van der Waals surface area contributed by atoms with Crippen molar-refractivity contribution in [1.29, 1.82) is 15.8 Å². The first-order valence-electron chi connectivity index (χ1n) is 10.5. The van der Waals surface area contributed by atoms with Crippen LogP contribution in [0, 0.1) is 34.0 Å². The summed E-state index contributed by atoms with van der Waals surface area (Å²) >= 11 is 0. The lowest BCUT2D eigenvalue weighted by molar-refractivity contribution is -0.122. The quantitative estimate of drug-likeness (QED) is 0.409. The molecule has 0 fully saturated rings. The summed E-state index contributed by atoms with van der Waals surface area (Å²) in [7, 11) is 0. The number of hydrogen-bond acceptors (Lipinski definition) is 5. The normalized spacial score (nSPS) is 12.9. The summed E-state index contributed by atoms with van der Waals surface area (Å²) in [5.74, 6) is -0.406. The average Bonchev–Trinajstić information content (AvgIpc) is 3.07. The molecule has 31 heavy (non-hydrogen) atoms. The molecule has 1 amide bonds. The van der Waals surface area contributed by atoms with Gasteiger partial charge in [0.05, 0.1) is 16.8 Å². The molecule has 0 saturated heterocycles. The van der Waals surface area contributed by atoms with E-state index >= 15 is 0 Å². The lowest BCUT2D eigenvalue weighted by Gasteiger charge is -2.25. The van der Waals surface area contributed by atoms with Crippen LogP contribution in [0.15, 0.2) is 53.8 Å². The number of amides is 1. The second kappa shape index (κ2) is 11.4. The number of nitriles is 3. The van der Waals surface area contributed by atoms with Gasteiger partial charge in [-0.05, 0) is 30.5 Å². The maximum absolute atomic E-state index is 13.1. The Balaban J connectivity index is 2.52. The number of carbonyl (C=O) groups excluding carboxylic acids is 1. The van der Waals surface area contributed by atoms with E-state index in [0.29, 0.717) is 5.56 Å². The predicted octanol–water partition coefficient (Wildman–Crippen LogP) is 4.70. The van der Waals surface area contributed by atoms with Crippen LogP contribution in [0.4, 0.5) is 5.69 Å². The van der Waals surface area contributed by atoms with Gasteiger partial charge in [0.1, 0.15) is 18.2 Å². The summed E-state index contributed by atoms with van der Waals surface area (Å²) in [5.41, 5.74) is 1.72. The van der Waals surface area contributed by atoms with Crippen molar-refractivity contribution in [1.82, 2.24) is 4.90 Å². The highest BCUT2D eigenvalue weighted by molar-refractivity contribution is 6.26. The molecule has 2 rings (SSSR count). The molecule has 1 aromatic carbocycles. The van der Waals surface area contributed by atoms with Crippen molar-refractivity contribution < 1.29 is 4.79 Å². The van der Waals surface area contributed by atoms with Crippen LogP contribution >= 0.6 is 0 Å². The Kier molecular flexibility index (Phi) is 8.62. The van der Waals surface area contributed by atoms with Gasteiger partial charge in [0, 0.05) is 25.3 Å². The summed E-state index contributed by atoms with van der Waals surface area (Å²) in [5, 5.41) is 28.4. The van der Waals surface area contributed by atoms with Crippen LogP contribution in [0.5, 0.6) is 0 Å². The molecule has 0 aliphatic carbocycles. The number of rotatable bonds is 10. The van der Waals surface area contributed by atoms with E-state index in [1.54, 1.807) is 12.1 Å². The fourth-order valence-electron chi connectivity index (χ4n) is 3.57. The molecule has 0 saturated carbocycles. The van der Waals surface area contributed by atoms with E-state index in [2.05, 4.69) is 25.3 Å². The van der Waals surface area contributed by atoms with E-state index in [9.17, 15) is 20.6 Å². The van der Waals surface area contributed by atoms with E-state index in [4.69, 9.17) is 0 Å². The fraction of sp³-hybridized carbons (Fsp3) is 0.360. The van der Waals surface area contributed by atoms with Crippen molar-refractivity contribution in [3.05, 3.63) is 59.3 Å². The topological polar surface area (TPSA) is 94.9 Å². The fourth-order valence-corrected chi connectivity index (χ4v) is 3.57. The predicted molar refractivity (Wildman–Crippen MR) is 121 cm³/mol. The lowest BCUT2D eigenvalue weighted by atomic mass is 9.99. The number of allylic oxidation sites excluding steroid dienone is 2. The molecule has 1 heterocycles. The van der Waals surface area contributed by atoms with Gasteiger partial charge in [0.15, 0.2) is 5.57 Å². The van der Waals surface area contributed by atoms with Crippen LogP contribution in [0.2, 0.25) is 0 Å². The molecular formula is C25H27N5O. The minimum absolute atomic E-state index is 0.0477. The molecule has 0 bridgehead atoms. The van der Waals surface area contributed by atoms with Crippen LogP contribution in [0.3, 0.4) is 0 Å². The maximum Gasteiger partial charge on any atom is 0.260 e. The Morgan fingerprint density at radius 1 is 1.06 bits per heavy atom. The SMILES string of the molecule is C=CCN1C(=O)C(c2ccc(N(CCCC)CCCC)cc2)=C(C#N)C1=C(C#N)C#N. The molecule has 0 aromatic heterocycles. The number of unbranched alkanes of at least 4 members (excludes halogenated alkanes) is 2. The third-order valence-electron chi connectivity index (χ3n) is 5.18. The average molecular weight is 414 g/mol. The van der Waals surface area contributed by atoms with Crippen molar-refractivity contribution in [2.24, 2.45) is 0 Å². The monoisotopic (exact) mass is 413 g/mol. The molecule has 6 heteroatoms. The summed E-state index contributed by atoms with van der Waals surface area (Å²) in [6.07, 6.45) is 5.93. The van der Waals surface area contributed by atoms with Gasteiger partial charge in [-0.1, -0.05) is 44.9 Å². The second-order valence-electron chi connectivity index (χ2n) is 7.25. The molecule has 0 spiro atoms. The van der Waals surface area contributed by atoms with Crippen molar-refractivity contribution in [2.75, 3.05) is 24.5 Å². The van der Waals surface area contributed by atoms with Gasteiger partial charge in [0.2, 0.25) is 0 Å². The Bertz CT molecular complexity index is 988. The van der Waals surface area contributed by atoms with Gasteiger partial charge >= 0.3 is 0 Å². The first-order valence-corrected chi connectivity index (χ1v) is 10.5. The molecular weight excluding hydrogens is 386 g/mol. The zero-order valence-electron chi connectivity index (χ0n) is 18.2. The summed E-state index contributed by atoms with van der Waals surface area (Å²) in [6.45, 7) is 10.0. The third-order valence-corrected chi connectivity index (χ3v) is 5.18. The van der Waals surface area contributed by atoms with Gasteiger partial charge < -0.3 is 9.80 Å². The number of hydrogen-bond donors (Lipinski definition) is 0. The molecule has 6 nitrogen and oxygen atoms in total. The molecule has 0 atom stereocenters. The Labute approximate surface area is 184 Å². The molecule has 1 aliphatic rings. The number of benzene rings is 1. The van der Waals surface area contributed by atoms with Crippen LogP contribution < -0.4 is 4.90 Å². The first kappa shape index (κ1) is 23.5. The maximum atomic E-state index is 13.1. The third kappa shape index (κ3) is 5.03. The van der Waals surface area contributed by atoms with E-state index in [1.165, 1.54) is 11.0 Å². The van der Waals surface area contributed by atoms with Gasteiger partial charge in [-0.15, -0.1) is 6.58 Å². The van der Waals surface area contributed by atoms with Crippen molar-refractivity contribution in [3.8, 4) is 18.2 Å². The van der Waals surface area contributed by atoms with Crippen LogP contribution in [-0.2, 0) is 4.79 Å². The van der Waals surface area contributed by atoms with E-state index in [1.807, 2.05) is 30.3 Å².